The third kappa shape index (κ3) is 2.67. The fourth-order valence-corrected chi connectivity index (χ4v) is 2.55. The molecule has 0 saturated carbocycles. The van der Waals surface area contributed by atoms with E-state index in [1.807, 2.05) is 47.4 Å². The fraction of sp³-hybridized carbons (Fsp3) is 0.167. The molecule has 0 unspecified atom stereocenters. The minimum absolute atomic E-state index is 0.0401. The number of rotatable bonds is 1. The largest absolute Gasteiger partial charge is 0.320 e. The van der Waals surface area contributed by atoms with Crippen molar-refractivity contribution in [3.8, 4) is 11.8 Å². The molecule has 0 saturated heterocycles. The van der Waals surface area contributed by atoms with E-state index in [1.165, 1.54) is 5.56 Å². The summed E-state index contributed by atoms with van der Waals surface area (Å²) >= 11 is 0. The molecular weight excluding hydrogens is 260 g/mol. The third-order valence-corrected chi connectivity index (χ3v) is 3.60. The predicted octanol–water partition coefficient (Wildman–Crippen LogP) is 2.20. The molecule has 1 amide bonds. The van der Waals surface area contributed by atoms with Gasteiger partial charge < -0.3 is 10.6 Å². The summed E-state index contributed by atoms with van der Waals surface area (Å²) in [5, 5.41) is 0. The molecule has 0 aliphatic carbocycles. The van der Waals surface area contributed by atoms with Gasteiger partial charge in [-0.2, -0.15) is 0 Å². The van der Waals surface area contributed by atoms with Crippen molar-refractivity contribution < 1.29 is 4.79 Å². The molecule has 1 aliphatic heterocycles. The van der Waals surface area contributed by atoms with Crippen LogP contribution in [-0.4, -0.2) is 19.0 Å². The summed E-state index contributed by atoms with van der Waals surface area (Å²) in [5.41, 5.74) is 9.16. The van der Waals surface area contributed by atoms with Crippen LogP contribution in [0.3, 0.4) is 0 Å². The van der Waals surface area contributed by atoms with Crippen molar-refractivity contribution in [2.45, 2.75) is 6.42 Å². The lowest BCUT2D eigenvalue weighted by Crippen LogP contribution is -2.28. The molecule has 2 aromatic carbocycles. The van der Waals surface area contributed by atoms with Crippen molar-refractivity contribution in [3.63, 3.8) is 0 Å². The quantitative estimate of drug-likeness (QED) is 0.812. The van der Waals surface area contributed by atoms with E-state index < -0.39 is 0 Å². The Morgan fingerprint density at radius 2 is 1.90 bits per heavy atom. The number of amides is 1. The summed E-state index contributed by atoms with van der Waals surface area (Å²) in [5.74, 6) is 5.80. The second-order valence-electron chi connectivity index (χ2n) is 4.92. The van der Waals surface area contributed by atoms with E-state index >= 15 is 0 Å². The minimum Gasteiger partial charge on any atom is -0.320 e. The molecule has 0 aromatic heterocycles. The van der Waals surface area contributed by atoms with E-state index in [4.69, 9.17) is 5.73 Å². The maximum absolute atomic E-state index is 12.6. The van der Waals surface area contributed by atoms with Crippen molar-refractivity contribution >= 4 is 11.6 Å². The normalized spacial score (nSPS) is 12.5. The Balaban J connectivity index is 1.83. The summed E-state index contributed by atoms with van der Waals surface area (Å²) < 4.78 is 0. The van der Waals surface area contributed by atoms with Gasteiger partial charge in [-0.05, 0) is 42.3 Å². The maximum Gasteiger partial charge on any atom is 0.258 e. The average molecular weight is 276 g/mol. The highest BCUT2D eigenvalue weighted by atomic mass is 16.2. The second kappa shape index (κ2) is 5.82. The predicted molar refractivity (Wildman–Crippen MR) is 84.2 cm³/mol. The summed E-state index contributed by atoms with van der Waals surface area (Å²) in [7, 11) is 0. The standard InChI is InChI=1S/C18H16N2O/c19-12-3-4-14-7-9-16(10-8-14)18(21)20-13-11-15-5-1-2-6-17(15)20/h1-2,5-10H,11-13,19H2. The van der Waals surface area contributed by atoms with Crippen molar-refractivity contribution in [1.29, 1.82) is 0 Å². The molecule has 21 heavy (non-hydrogen) atoms. The number of hydrogen-bond acceptors (Lipinski definition) is 2. The van der Waals surface area contributed by atoms with Crippen LogP contribution in [0.15, 0.2) is 48.5 Å². The first kappa shape index (κ1) is 13.4. The van der Waals surface area contributed by atoms with E-state index in [0.717, 1.165) is 24.2 Å². The van der Waals surface area contributed by atoms with Gasteiger partial charge >= 0.3 is 0 Å². The molecule has 3 heteroatoms. The van der Waals surface area contributed by atoms with Crippen LogP contribution >= 0.6 is 0 Å². The second-order valence-corrected chi connectivity index (χ2v) is 4.92. The smallest absolute Gasteiger partial charge is 0.258 e. The summed E-state index contributed by atoms with van der Waals surface area (Å²) in [4.78, 5) is 14.4. The monoisotopic (exact) mass is 276 g/mol. The Kier molecular flexibility index (Phi) is 3.72. The molecule has 1 heterocycles. The molecule has 0 radical (unpaired) electrons. The molecule has 0 bridgehead atoms. The Morgan fingerprint density at radius 3 is 2.67 bits per heavy atom. The van der Waals surface area contributed by atoms with Crippen LogP contribution in [-0.2, 0) is 6.42 Å². The van der Waals surface area contributed by atoms with Crippen molar-refractivity contribution in [2.24, 2.45) is 5.73 Å². The van der Waals surface area contributed by atoms with Gasteiger partial charge in [0.25, 0.3) is 5.91 Å². The number of nitrogens with two attached hydrogens (primary N) is 1. The molecule has 3 rings (SSSR count). The molecule has 0 fully saturated rings. The number of para-hydroxylation sites is 1. The van der Waals surface area contributed by atoms with Crippen LogP contribution in [0.2, 0.25) is 0 Å². The van der Waals surface area contributed by atoms with E-state index in [2.05, 4.69) is 17.9 Å². The van der Waals surface area contributed by atoms with E-state index in [9.17, 15) is 4.79 Å². The van der Waals surface area contributed by atoms with Gasteiger partial charge in [0.2, 0.25) is 0 Å². The zero-order valence-electron chi connectivity index (χ0n) is 11.7. The lowest BCUT2D eigenvalue weighted by molar-refractivity contribution is 0.0989. The minimum atomic E-state index is 0.0401. The number of benzene rings is 2. The van der Waals surface area contributed by atoms with Gasteiger partial charge in [-0.3, -0.25) is 4.79 Å². The fourth-order valence-electron chi connectivity index (χ4n) is 2.55. The third-order valence-electron chi connectivity index (χ3n) is 3.60. The molecule has 1 aliphatic rings. The Labute approximate surface area is 124 Å². The van der Waals surface area contributed by atoms with Gasteiger partial charge in [0, 0.05) is 23.4 Å². The number of nitrogens with zero attached hydrogens (tertiary/aromatic N) is 1. The summed E-state index contributed by atoms with van der Waals surface area (Å²) in [6.07, 6.45) is 0.919. The van der Waals surface area contributed by atoms with Gasteiger partial charge in [0.05, 0.1) is 6.54 Å². The molecule has 104 valence electrons. The summed E-state index contributed by atoms with van der Waals surface area (Å²) in [6, 6.07) is 15.4. The van der Waals surface area contributed by atoms with Gasteiger partial charge in [0.1, 0.15) is 0 Å². The van der Waals surface area contributed by atoms with Crippen molar-refractivity contribution in [1.82, 2.24) is 0 Å². The van der Waals surface area contributed by atoms with Gasteiger partial charge in [-0.15, -0.1) is 0 Å². The first-order valence-corrected chi connectivity index (χ1v) is 6.98. The first-order chi connectivity index (χ1) is 10.3. The Morgan fingerprint density at radius 1 is 1.14 bits per heavy atom. The Hall–Kier alpha value is -2.57. The molecular formula is C18H16N2O. The van der Waals surface area contributed by atoms with Crippen molar-refractivity contribution in [3.05, 3.63) is 65.2 Å². The zero-order valence-corrected chi connectivity index (χ0v) is 11.7. The SMILES string of the molecule is NCC#Cc1ccc(C(=O)N2CCc3ccccc32)cc1. The van der Waals surface area contributed by atoms with E-state index in [0.29, 0.717) is 12.1 Å². The molecule has 0 spiro atoms. The highest BCUT2D eigenvalue weighted by Gasteiger charge is 2.24. The van der Waals surface area contributed by atoms with Crippen LogP contribution in [0.5, 0.6) is 0 Å². The average Bonchev–Trinajstić information content (AvgIpc) is 2.97. The van der Waals surface area contributed by atoms with Crippen LogP contribution in [0.4, 0.5) is 5.69 Å². The lowest BCUT2D eigenvalue weighted by Gasteiger charge is -2.17. The number of carbonyl (C=O) groups is 1. The summed E-state index contributed by atoms with van der Waals surface area (Å²) in [6.45, 7) is 1.08. The molecule has 0 atom stereocenters. The Bertz CT molecular complexity index is 723. The zero-order chi connectivity index (χ0) is 14.7. The number of hydrogen-bond donors (Lipinski definition) is 1. The van der Waals surface area contributed by atoms with E-state index in [-0.39, 0.29) is 5.91 Å². The highest BCUT2D eigenvalue weighted by Crippen LogP contribution is 2.28. The van der Waals surface area contributed by atoms with Crippen LogP contribution in [0.1, 0.15) is 21.5 Å². The van der Waals surface area contributed by atoms with Gasteiger partial charge in [-0.25, -0.2) is 0 Å². The number of anilines is 1. The maximum atomic E-state index is 12.6. The molecule has 2 N–H and O–H groups in total. The van der Waals surface area contributed by atoms with Crippen LogP contribution < -0.4 is 10.6 Å². The molecule has 2 aromatic rings. The van der Waals surface area contributed by atoms with E-state index in [1.54, 1.807) is 0 Å². The van der Waals surface area contributed by atoms with Crippen molar-refractivity contribution in [2.75, 3.05) is 18.0 Å². The highest BCUT2D eigenvalue weighted by molar-refractivity contribution is 6.07. The van der Waals surface area contributed by atoms with Gasteiger partial charge in [0.15, 0.2) is 0 Å². The number of fused-ring (bicyclic) bond motifs is 1. The lowest BCUT2D eigenvalue weighted by atomic mass is 10.1. The van der Waals surface area contributed by atoms with Gasteiger partial charge in [-0.1, -0.05) is 30.0 Å². The number of carbonyl (C=O) groups excluding carboxylic acids is 1. The topological polar surface area (TPSA) is 46.3 Å². The first-order valence-electron chi connectivity index (χ1n) is 6.98. The van der Waals surface area contributed by atoms with Crippen LogP contribution in [0, 0.1) is 11.8 Å². The van der Waals surface area contributed by atoms with Crippen LogP contribution in [0.25, 0.3) is 0 Å². The molecule has 3 nitrogen and oxygen atoms in total.